The van der Waals surface area contributed by atoms with Gasteiger partial charge in [-0.3, -0.25) is 9.59 Å². The molecule has 5 nitrogen and oxygen atoms in total. The Hall–Kier alpha value is -2.82. The normalized spacial score (nSPS) is 12.5. The van der Waals surface area contributed by atoms with E-state index in [9.17, 15) is 9.59 Å². The van der Waals surface area contributed by atoms with Crippen LogP contribution >= 0.6 is 0 Å². The van der Waals surface area contributed by atoms with Crippen LogP contribution in [0.25, 0.3) is 0 Å². The predicted octanol–water partition coefficient (Wildman–Crippen LogP) is 2.54. The standard InChI is InChI=1S/C19H19NO4/c1-23-15-7-8-16(19(20)22)18(10-15)24-11-17(21)14-6-5-12-3-2-4-13(12)9-14/h5-10H,2-4,11H2,1H3,(H2,20,22). The fraction of sp³-hybridized carbons (Fsp3) is 0.263. The highest BCUT2D eigenvalue weighted by Crippen LogP contribution is 2.26. The van der Waals surface area contributed by atoms with Crippen LogP contribution in [0.5, 0.6) is 11.5 Å². The molecule has 0 saturated heterocycles. The number of hydrogen-bond donors (Lipinski definition) is 1. The molecule has 3 rings (SSSR count). The van der Waals surface area contributed by atoms with E-state index in [1.54, 1.807) is 12.1 Å². The molecule has 2 N–H and O–H groups in total. The van der Waals surface area contributed by atoms with E-state index in [1.807, 2.05) is 18.2 Å². The lowest BCUT2D eigenvalue weighted by Gasteiger charge is -2.11. The molecular weight excluding hydrogens is 306 g/mol. The molecule has 0 aromatic heterocycles. The molecule has 0 aliphatic heterocycles. The molecule has 0 radical (unpaired) electrons. The fourth-order valence-corrected chi connectivity index (χ4v) is 2.92. The molecule has 5 heteroatoms. The average Bonchev–Trinajstić information content (AvgIpc) is 3.06. The van der Waals surface area contributed by atoms with Crippen molar-refractivity contribution >= 4 is 11.7 Å². The van der Waals surface area contributed by atoms with Gasteiger partial charge in [0.2, 0.25) is 0 Å². The molecule has 1 aliphatic carbocycles. The van der Waals surface area contributed by atoms with Gasteiger partial charge in [-0.15, -0.1) is 0 Å². The van der Waals surface area contributed by atoms with Crippen molar-refractivity contribution in [1.82, 2.24) is 0 Å². The summed E-state index contributed by atoms with van der Waals surface area (Å²) in [5, 5.41) is 0. The molecule has 0 atom stereocenters. The van der Waals surface area contributed by atoms with Gasteiger partial charge in [0.25, 0.3) is 5.91 Å². The van der Waals surface area contributed by atoms with Crippen molar-refractivity contribution in [2.24, 2.45) is 5.73 Å². The first kappa shape index (κ1) is 16.1. The first-order valence-corrected chi connectivity index (χ1v) is 7.84. The van der Waals surface area contributed by atoms with Crippen LogP contribution in [0.4, 0.5) is 0 Å². The summed E-state index contributed by atoms with van der Waals surface area (Å²) in [6.07, 6.45) is 3.22. The van der Waals surface area contributed by atoms with Crippen LogP contribution in [-0.4, -0.2) is 25.4 Å². The maximum Gasteiger partial charge on any atom is 0.252 e. The first-order chi connectivity index (χ1) is 11.6. The van der Waals surface area contributed by atoms with Gasteiger partial charge in [0, 0.05) is 11.6 Å². The number of carbonyl (C=O) groups excluding carboxylic acids is 2. The summed E-state index contributed by atoms with van der Waals surface area (Å²) in [5.74, 6) is 0.0249. The smallest absolute Gasteiger partial charge is 0.252 e. The third kappa shape index (κ3) is 3.25. The molecule has 0 unspecified atom stereocenters. The maximum atomic E-state index is 12.4. The van der Waals surface area contributed by atoms with Crippen molar-refractivity contribution in [3.63, 3.8) is 0 Å². The predicted molar refractivity (Wildman–Crippen MR) is 89.8 cm³/mol. The second kappa shape index (κ2) is 6.74. The Morgan fingerprint density at radius 3 is 2.62 bits per heavy atom. The molecule has 0 heterocycles. The van der Waals surface area contributed by atoms with Gasteiger partial charge < -0.3 is 15.2 Å². The number of nitrogens with two attached hydrogens (primary N) is 1. The second-order valence-corrected chi connectivity index (χ2v) is 5.78. The monoisotopic (exact) mass is 325 g/mol. The van der Waals surface area contributed by atoms with Gasteiger partial charge >= 0.3 is 0 Å². The Balaban J connectivity index is 1.75. The van der Waals surface area contributed by atoms with Crippen molar-refractivity contribution in [3.05, 3.63) is 58.7 Å². The summed E-state index contributed by atoms with van der Waals surface area (Å²) in [6.45, 7) is -0.160. The van der Waals surface area contributed by atoms with Crippen LogP contribution in [0.15, 0.2) is 36.4 Å². The number of fused-ring (bicyclic) bond motifs is 1. The van der Waals surface area contributed by atoms with E-state index >= 15 is 0 Å². The summed E-state index contributed by atoms with van der Waals surface area (Å²) >= 11 is 0. The van der Waals surface area contributed by atoms with Crippen LogP contribution in [0.2, 0.25) is 0 Å². The molecular formula is C19H19NO4. The molecule has 124 valence electrons. The fourth-order valence-electron chi connectivity index (χ4n) is 2.92. The molecule has 2 aromatic carbocycles. The Bertz CT molecular complexity index is 798. The van der Waals surface area contributed by atoms with Crippen molar-refractivity contribution in [1.29, 1.82) is 0 Å². The third-order valence-corrected chi connectivity index (χ3v) is 4.23. The minimum Gasteiger partial charge on any atom is -0.497 e. The molecule has 0 saturated carbocycles. The van der Waals surface area contributed by atoms with Gasteiger partial charge in [0.15, 0.2) is 12.4 Å². The van der Waals surface area contributed by atoms with Crippen LogP contribution in [0.3, 0.4) is 0 Å². The highest BCUT2D eigenvalue weighted by Gasteiger charge is 2.16. The SMILES string of the molecule is COc1ccc(C(N)=O)c(OCC(=O)c2ccc3c(c2)CCC3)c1. The number of rotatable bonds is 6. The highest BCUT2D eigenvalue weighted by molar-refractivity contribution is 5.98. The summed E-state index contributed by atoms with van der Waals surface area (Å²) in [6, 6.07) is 10.5. The number of Topliss-reactive ketones (excluding diaryl/α,β-unsaturated/α-hetero) is 1. The van der Waals surface area contributed by atoms with E-state index in [4.69, 9.17) is 15.2 Å². The molecule has 0 fully saturated rings. The summed E-state index contributed by atoms with van der Waals surface area (Å²) in [5.41, 5.74) is 8.74. The number of methoxy groups -OCH3 is 1. The zero-order chi connectivity index (χ0) is 17.1. The van der Waals surface area contributed by atoms with Crippen molar-refractivity contribution < 1.29 is 19.1 Å². The largest absolute Gasteiger partial charge is 0.497 e. The van der Waals surface area contributed by atoms with Crippen LogP contribution < -0.4 is 15.2 Å². The van der Waals surface area contributed by atoms with Crippen LogP contribution in [-0.2, 0) is 12.8 Å². The number of primary amides is 1. The van der Waals surface area contributed by atoms with E-state index in [2.05, 4.69) is 0 Å². The second-order valence-electron chi connectivity index (χ2n) is 5.78. The Kier molecular flexibility index (Phi) is 4.51. The van der Waals surface area contributed by atoms with E-state index < -0.39 is 5.91 Å². The minimum absolute atomic E-state index is 0.136. The van der Waals surface area contributed by atoms with Gasteiger partial charge in [-0.05, 0) is 48.6 Å². The van der Waals surface area contributed by atoms with E-state index in [0.29, 0.717) is 11.3 Å². The number of ether oxygens (including phenoxy) is 2. The third-order valence-electron chi connectivity index (χ3n) is 4.23. The molecule has 2 aromatic rings. The zero-order valence-electron chi connectivity index (χ0n) is 13.5. The van der Waals surface area contributed by atoms with Gasteiger partial charge in [0.05, 0.1) is 12.7 Å². The number of carbonyl (C=O) groups is 2. The molecule has 0 spiro atoms. The maximum absolute atomic E-state index is 12.4. The average molecular weight is 325 g/mol. The molecule has 1 amide bonds. The summed E-state index contributed by atoms with van der Waals surface area (Å²) < 4.78 is 10.7. The number of ketones is 1. The van der Waals surface area contributed by atoms with Gasteiger partial charge in [-0.25, -0.2) is 0 Å². The van der Waals surface area contributed by atoms with E-state index in [0.717, 1.165) is 19.3 Å². The van der Waals surface area contributed by atoms with E-state index in [-0.39, 0.29) is 23.7 Å². The van der Waals surface area contributed by atoms with Crippen LogP contribution in [0, 0.1) is 0 Å². The van der Waals surface area contributed by atoms with Gasteiger partial charge in [0.1, 0.15) is 11.5 Å². The lowest BCUT2D eigenvalue weighted by atomic mass is 10.0. The number of amides is 1. The highest BCUT2D eigenvalue weighted by atomic mass is 16.5. The van der Waals surface area contributed by atoms with E-state index in [1.165, 1.54) is 24.3 Å². The summed E-state index contributed by atoms with van der Waals surface area (Å²) in [7, 11) is 1.51. The first-order valence-electron chi connectivity index (χ1n) is 7.84. The lowest BCUT2D eigenvalue weighted by molar-refractivity contribution is 0.0912. The quantitative estimate of drug-likeness (QED) is 0.828. The number of aryl methyl sites for hydroxylation is 2. The Morgan fingerprint density at radius 2 is 1.88 bits per heavy atom. The Labute approximate surface area is 140 Å². The molecule has 0 bridgehead atoms. The topological polar surface area (TPSA) is 78.6 Å². The van der Waals surface area contributed by atoms with Crippen molar-refractivity contribution in [2.75, 3.05) is 13.7 Å². The Morgan fingerprint density at radius 1 is 1.08 bits per heavy atom. The van der Waals surface area contributed by atoms with Crippen molar-refractivity contribution in [3.8, 4) is 11.5 Å². The van der Waals surface area contributed by atoms with Crippen LogP contribution in [0.1, 0.15) is 38.3 Å². The molecule has 1 aliphatic rings. The number of hydrogen-bond acceptors (Lipinski definition) is 4. The van der Waals surface area contributed by atoms with Gasteiger partial charge in [-0.2, -0.15) is 0 Å². The zero-order valence-corrected chi connectivity index (χ0v) is 13.5. The van der Waals surface area contributed by atoms with Gasteiger partial charge in [-0.1, -0.05) is 12.1 Å². The minimum atomic E-state index is -0.613. The molecule has 24 heavy (non-hydrogen) atoms. The van der Waals surface area contributed by atoms with Crippen molar-refractivity contribution in [2.45, 2.75) is 19.3 Å². The lowest BCUT2D eigenvalue weighted by Crippen LogP contribution is -2.16. The summed E-state index contributed by atoms with van der Waals surface area (Å²) in [4.78, 5) is 23.9. The number of benzene rings is 2.